The van der Waals surface area contributed by atoms with Crippen LogP contribution in [-0.4, -0.2) is 33.7 Å². The number of para-hydroxylation sites is 1. The number of hydroxylamine groups is 1. The van der Waals surface area contributed by atoms with Crippen LogP contribution < -0.4 is 4.74 Å². The minimum atomic E-state index is -1.14. The second-order valence-corrected chi connectivity index (χ2v) is 6.05. The van der Waals surface area contributed by atoms with E-state index in [4.69, 9.17) is 4.74 Å². The summed E-state index contributed by atoms with van der Waals surface area (Å²) in [6.07, 6.45) is 2.34. The molecule has 21 heavy (non-hydrogen) atoms. The Labute approximate surface area is 123 Å². The highest BCUT2D eigenvalue weighted by Crippen LogP contribution is 2.49. The lowest BCUT2D eigenvalue weighted by Gasteiger charge is -2.45. The van der Waals surface area contributed by atoms with Gasteiger partial charge in [0.05, 0.1) is 11.8 Å². The van der Waals surface area contributed by atoms with Crippen molar-refractivity contribution in [2.75, 3.05) is 0 Å². The summed E-state index contributed by atoms with van der Waals surface area (Å²) in [4.78, 5) is 12.2. The number of aliphatic hydroxyl groups is 1. The molecule has 1 fully saturated rings. The van der Waals surface area contributed by atoms with Crippen LogP contribution in [0, 0.1) is 11.1 Å². The van der Waals surface area contributed by atoms with Gasteiger partial charge in [0.25, 0.3) is 0 Å². The normalized spacial score (nSPS) is 35.7. The fourth-order valence-electron chi connectivity index (χ4n) is 3.66. The van der Waals surface area contributed by atoms with Gasteiger partial charge in [0, 0.05) is 12.5 Å². The molecule has 5 nitrogen and oxygen atoms in total. The van der Waals surface area contributed by atoms with E-state index in [0.717, 1.165) is 10.3 Å². The highest BCUT2D eigenvalue weighted by molar-refractivity contribution is 5.79. The van der Waals surface area contributed by atoms with Gasteiger partial charge in [-0.15, -0.1) is 0 Å². The average molecular weight is 289 g/mol. The number of fused-ring (bicyclic) bond motifs is 3. The molecule has 112 valence electrons. The van der Waals surface area contributed by atoms with E-state index >= 15 is 0 Å². The van der Waals surface area contributed by atoms with Crippen LogP contribution in [0.4, 0.5) is 0 Å². The van der Waals surface area contributed by atoms with Gasteiger partial charge in [0.1, 0.15) is 17.6 Å². The van der Waals surface area contributed by atoms with Gasteiger partial charge in [0.2, 0.25) is 0 Å². The third kappa shape index (κ3) is 2.12. The Morgan fingerprint density at radius 1 is 1.48 bits per heavy atom. The molecule has 0 bridgehead atoms. The third-order valence-electron chi connectivity index (χ3n) is 4.69. The Hall–Kier alpha value is -1.88. The van der Waals surface area contributed by atoms with Crippen molar-refractivity contribution in [3.05, 3.63) is 35.0 Å². The summed E-state index contributed by atoms with van der Waals surface area (Å²) in [5, 5.41) is 23.0. The van der Waals surface area contributed by atoms with Crippen molar-refractivity contribution >= 4 is 12.2 Å². The molecule has 2 aliphatic rings. The van der Waals surface area contributed by atoms with Gasteiger partial charge in [-0.1, -0.05) is 18.2 Å². The first-order chi connectivity index (χ1) is 9.95. The summed E-state index contributed by atoms with van der Waals surface area (Å²) in [7, 11) is 0. The van der Waals surface area contributed by atoms with E-state index in [2.05, 4.69) is 0 Å². The molecular weight excluding hydrogens is 270 g/mol. The van der Waals surface area contributed by atoms with Crippen molar-refractivity contribution in [2.24, 2.45) is 5.92 Å². The van der Waals surface area contributed by atoms with Crippen molar-refractivity contribution < 1.29 is 19.4 Å². The summed E-state index contributed by atoms with van der Waals surface area (Å²) < 4.78 is 6.16. The predicted octanol–water partition coefficient (Wildman–Crippen LogP) is 1.82. The zero-order valence-electron chi connectivity index (χ0n) is 12.2. The second kappa shape index (κ2) is 4.84. The van der Waals surface area contributed by atoms with Gasteiger partial charge in [-0.2, -0.15) is 0 Å². The van der Waals surface area contributed by atoms with Crippen molar-refractivity contribution in [3.63, 3.8) is 0 Å². The lowest BCUT2D eigenvalue weighted by Crippen LogP contribution is -2.57. The molecule has 0 amide bonds. The van der Waals surface area contributed by atoms with Crippen LogP contribution in [0.25, 0.3) is 0 Å². The average Bonchev–Trinajstić information content (AvgIpc) is 2.45. The van der Waals surface area contributed by atoms with Gasteiger partial charge in [-0.05, 0) is 25.8 Å². The highest BCUT2D eigenvalue weighted by atomic mass is 16.5. The van der Waals surface area contributed by atoms with Crippen LogP contribution in [0.3, 0.4) is 0 Å². The molecule has 0 aromatic heterocycles. The first-order valence-corrected chi connectivity index (χ1v) is 7.23. The fourth-order valence-corrected chi connectivity index (χ4v) is 3.66. The molecule has 0 radical (unpaired) electrons. The predicted molar refractivity (Wildman–Crippen MR) is 77.3 cm³/mol. The van der Waals surface area contributed by atoms with Gasteiger partial charge in [0.15, 0.2) is 6.04 Å². The molecule has 0 unspecified atom stereocenters. The van der Waals surface area contributed by atoms with Crippen molar-refractivity contribution in [1.29, 1.82) is 0 Å². The number of carbonyl (C=O) groups is 1. The lowest BCUT2D eigenvalue weighted by molar-refractivity contribution is -0.531. The monoisotopic (exact) mass is 289 g/mol. The highest BCUT2D eigenvalue weighted by Gasteiger charge is 2.56. The molecule has 0 spiro atoms. The van der Waals surface area contributed by atoms with Crippen molar-refractivity contribution in [3.8, 4) is 5.75 Å². The Bertz CT molecular complexity index is 608. The summed E-state index contributed by atoms with van der Waals surface area (Å²) in [5.74, 6) is -0.527. The number of hydrogen-bond acceptors (Lipinski definition) is 4. The first kappa shape index (κ1) is 14.1. The molecule has 1 saturated carbocycles. The van der Waals surface area contributed by atoms with Gasteiger partial charge < -0.3 is 15.1 Å². The molecule has 1 aliphatic heterocycles. The topological polar surface area (TPSA) is 72.6 Å². The maximum atomic E-state index is 12.3. The zero-order chi connectivity index (χ0) is 15.2. The number of benzene rings is 1. The molecule has 1 aliphatic carbocycles. The SMILES string of the molecule is C/C=[N+](\[O-])[C@H]1[C@@H]2c3ccccc3OC(=O)[C@@H]2CC[C@@]1(C)O. The number of rotatable bonds is 1. The van der Waals surface area contributed by atoms with E-state index in [-0.39, 0.29) is 17.8 Å². The largest absolute Gasteiger partial charge is 0.624 e. The summed E-state index contributed by atoms with van der Waals surface area (Å²) in [6.45, 7) is 3.31. The first-order valence-electron chi connectivity index (χ1n) is 7.23. The minimum Gasteiger partial charge on any atom is -0.624 e. The minimum absolute atomic E-state index is 0.302. The third-order valence-corrected chi connectivity index (χ3v) is 4.69. The maximum Gasteiger partial charge on any atom is 0.315 e. The van der Waals surface area contributed by atoms with E-state index in [1.807, 2.05) is 12.1 Å². The van der Waals surface area contributed by atoms with Gasteiger partial charge >= 0.3 is 5.97 Å². The molecule has 1 aromatic carbocycles. The summed E-state index contributed by atoms with van der Waals surface area (Å²) >= 11 is 0. The number of ether oxygens (including phenoxy) is 1. The fraction of sp³-hybridized carbons (Fsp3) is 0.500. The van der Waals surface area contributed by atoms with E-state index in [9.17, 15) is 15.1 Å². The molecule has 4 atom stereocenters. The van der Waals surface area contributed by atoms with Crippen molar-refractivity contribution in [1.82, 2.24) is 0 Å². The second-order valence-electron chi connectivity index (χ2n) is 6.05. The zero-order valence-corrected chi connectivity index (χ0v) is 12.2. The molecule has 1 aromatic rings. The molecule has 0 saturated heterocycles. The lowest BCUT2D eigenvalue weighted by atomic mass is 9.65. The molecular formula is C16H19NO4. The standard InChI is InChI=1S/C16H19NO4/c1-3-17(20)14-13-10-6-4-5-7-12(10)21-15(18)11(13)8-9-16(14,2)19/h3-7,11,13-14,19H,8-9H2,1-2H3/b17-3-/t11-,13-,14+,16-/m1/s1. The Balaban J connectivity index is 2.16. The van der Waals surface area contributed by atoms with Crippen LogP contribution >= 0.6 is 0 Å². The Morgan fingerprint density at radius 2 is 2.19 bits per heavy atom. The van der Waals surface area contributed by atoms with E-state index in [1.165, 1.54) is 6.21 Å². The van der Waals surface area contributed by atoms with Crippen LogP contribution in [0.5, 0.6) is 5.75 Å². The molecule has 3 rings (SSSR count). The number of nitrogens with zero attached hydrogens (tertiary/aromatic N) is 1. The summed E-state index contributed by atoms with van der Waals surface area (Å²) in [6, 6.07) is 6.57. The van der Waals surface area contributed by atoms with E-state index in [0.29, 0.717) is 18.6 Å². The maximum absolute atomic E-state index is 12.3. The van der Waals surface area contributed by atoms with Crippen molar-refractivity contribution in [2.45, 2.75) is 44.2 Å². The Morgan fingerprint density at radius 3 is 2.90 bits per heavy atom. The van der Waals surface area contributed by atoms with Crippen LogP contribution in [0.15, 0.2) is 24.3 Å². The van der Waals surface area contributed by atoms with E-state index in [1.54, 1.807) is 26.0 Å². The molecule has 1 heterocycles. The Kier molecular flexibility index (Phi) is 3.24. The number of carbonyl (C=O) groups excluding carboxylic acids is 1. The molecule has 5 heteroatoms. The number of hydrogen-bond donors (Lipinski definition) is 1. The van der Waals surface area contributed by atoms with Gasteiger partial charge in [-0.25, -0.2) is 4.74 Å². The van der Waals surface area contributed by atoms with E-state index < -0.39 is 11.6 Å². The smallest absolute Gasteiger partial charge is 0.315 e. The number of esters is 1. The van der Waals surface area contributed by atoms with Crippen LogP contribution in [0.2, 0.25) is 0 Å². The quantitative estimate of drug-likeness (QED) is 0.214. The summed E-state index contributed by atoms with van der Waals surface area (Å²) in [5.41, 5.74) is -0.310. The van der Waals surface area contributed by atoms with Crippen LogP contribution in [0.1, 0.15) is 38.2 Å². The molecule has 1 N–H and O–H groups in total. The van der Waals surface area contributed by atoms with Gasteiger partial charge in [-0.3, -0.25) is 4.79 Å². The van der Waals surface area contributed by atoms with Crippen LogP contribution in [-0.2, 0) is 4.79 Å².